The van der Waals surface area contributed by atoms with Gasteiger partial charge in [-0.3, -0.25) is 9.69 Å². The Hall–Kier alpha value is -2.07. The zero-order valence-electron chi connectivity index (χ0n) is 15.0. The third-order valence-corrected chi connectivity index (χ3v) is 6.32. The number of rotatable bonds is 1. The second kappa shape index (κ2) is 5.46. The molecule has 3 atom stereocenters. The van der Waals surface area contributed by atoms with Crippen LogP contribution < -0.4 is 0 Å². The van der Waals surface area contributed by atoms with E-state index in [1.54, 1.807) is 0 Å². The number of carbonyl (C=O) groups is 1. The highest BCUT2D eigenvalue weighted by Gasteiger charge is 2.37. The molecule has 0 radical (unpaired) electrons. The van der Waals surface area contributed by atoms with Crippen LogP contribution in [0.3, 0.4) is 0 Å². The first-order valence-corrected chi connectivity index (χ1v) is 9.42. The number of hydrogen-bond donors (Lipinski definition) is 1. The van der Waals surface area contributed by atoms with Gasteiger partial charge in [-0.2, -0.15) is 0 Å². The third-order valence-electron chi connectivity index (χ3n) is 6.32. The van der Waals surface area contributed by atoms with E-state index in [0.29, 0.717) is 17.9 Å². The van der Waals surface area contributed by atoms with E-state index >= 15 is 0 Å². The second-order valence-corrected chi connectivity index (χ2v) is 8.11. The third kappa shape index (κ3) is 2.27. The molecule has 3 aliphatic rings. The molecule has 25 heavy (non-hydrogen) atoms. The molecule has 0 saturated carbocycles. The van der Waals surface area contributed by atoms with Crippen molar-refractivity contribution in [2.75, 3.05) is 26.7 Å². The summed E-state index contributed by atoms with van der Waals surface area (Å²) < 4.78 is 0. The molecule has 1 aromatic heterocycles. The van der Waals surface area contributed by atoms with Crippen molar-refractivity contribution in [1.82, 2.24) is 14.8 Å². The van der Waals surface area contributed by atoms with E-state index in [9.17, 15) is 4.79 Å². The zero-order valence-corrected chi connectivity index (χ0v) is 15.0. The number of nitrogens with one attached hydrogen (secondary N) is 1. The fourth-order valence-corrected chi connectivity index (χ4v) is 4.98. The van der Waals surface area contributed by atoms with Crippen LogP contribution in [0.1, 0.15) is 24.5 Å². The molecule has 4 nitrogen and oxygen atoms in total. The summed E-state index contributed by atoms with van der Waals surface area (Å²) >= 11 is 0. The zero-order chi connectivity index (χ0) is 17.1. The van der Waals surface area contributed by atoms with Gasteiger partial charge in [0.1, 0.15) is 0 Å². The van der Waals surface area contributed by atoms with Gasteiger partial charge in [0.25, 0.3) is 0 Å². The van der Waals surface area contributed by atoms with E-state index < -0.39 is 0 Å². The Labute approximate surface area is 148 Å². The minimum absolute atomic E-state index is 0.0164. The Balaban J connectivity index is 1.56. The monoisotopic (exact) mass is 335 g/mol. The lowest BCUT2D eigenvalue weighted by Gasteiger charge is -2.40. The molecule has 5 rings (SSSR count). The quantitative estimate of drug-likeness (QED) is 0.870. The number of hydrogen-bond acceptors (Lipinski definition) is 2. The van der Waals surface area contributed by atoms with E-state index in [0.717, 1.165) is 32.5 Å². The molecule has 2 aromatic rings. The standard InChI is InChI=1S/C21H25N3O/c1-13-6-7-24(11-13)21(25)15-8-17-16-4-3-5-18-20(16)14(10-22-18)9-19(17)23(2)12-15/h3-5,8,10,13,15,19,22H,6-7,9,11-12H2,1-2H3. The van der Waals surface area contributed by atoms with Gasteiger partial charge in [-0.1, -0.05) is 25.1 Å². The molecule has 2 aliphatic heterocycles. The normalized spacial score (nSPS) is 29.0. The van der Waals surface area contributed by atoms with Gasteiger partial charge in [0.05, 0.1) is 5.92 Å². The largest absolute Gasteiger partial charge is 0.361 e. The summed E-state index contributed by atoms with van der Waals surface area (Å²) in [6, 6.07) is 6.87. The predicted molar refractivity (Wildman–Crippen MR) is 100 cm³/mol. The van der Waals surface area contributed by atoms with Crippen LogP contribution in [0, 0.1) is 11.8 Å². The van der Waals surface area contributed by atoms with Crippen LogP contribution in [0.5, 0.6) is 0 Å². The van der Waals surface area contributed by atoms with Crippen molar-refractivity contribution in [3.05, 3.63) is 41.6 Å². The topological polar surface area (TPSA) is 39.3 Å². The summed E-state index contributed by atoms with van der Waals surface area (Å²) in [5.41, 5.74) is 5.26. The lowest BCUT2D eigenvalue weighted by Crippen LogP contribution is -2.47. The fraction of sp³-hybridized carbons (Fsp3) is 0.476. The van der Waals surface area contributed by atoms with Gasteiger partial charge in [-0.15, -0.1) is 0 Å². The number of H-pyrrole nitrogens is 1. The highest BCUT2D eigenvalue weighted by molar-refractivity contribution is 5.99. The minimum atomic E-state index is -0.0164. The average molecular weight is 335 g/mol. The molecular formula is C21H25N3O. The highest BCUT2D eigenvalue weighted by atomic mass is 16.2. The Bertz CT molecular complexity index is 880. The number of aromatic amines is 1. The van der Waals surface area contributed by atoms with Crippen molar-refractivity contribution in [2.45, 2.75) is 25.8 Å². The first-order valence-electron chi connectivity index (χ1n) is 9.42. The first kappa shape index (κ1) is 15.2. The van der Waals surface area contributed by atoms with Crippen LogP contribution in [-0.2, 0) is 11.2 Å². The lowest BCUT2D eigenvalue weighted by molar-refractivity contribution is -0.133. The van der Waals surface area contributed by atoms with Crippen LogP contribution in [0.25, 0.3) is 16.5 Å². The SMILES string of the molecule is CC1CCN(C(=O)C2C=C3c4cccc5[nH]cc(c45)CC3N(C)C2)C1. The smallest absolute Gasteiger partial charge is 0.230 e. The lowest BCUT2D eigenvalue weighted by atomic mass is 9.79. The first-order chi connectivity index (χ1) is 12.1. The molecule has 1 amide bonds. The molecule has 1 fully saturated rings. The number of fused-ring (bicyclic) bond motifs is 2. The molecule has 0 bridgehead atoms. The van der Waals surface area contributed by atoms with Crippen molar-refractivity contribution in [1.29, 1.82) is 0 Å². The highest BCUT2D eigenvalue weighted by Crippen LogP contribution is 2.41. The molecule has 0 spiro atoms. The van der Waals surface area contributed by atoms with E-state index in [1.165, 1.54) is 27.6 Å². The van der Waals surface area contributed by atoms with Gasteiger partial charge < -0.3 is 9.88 Å². The Morgan fingerprint density at radius 3 is 2.96 bits per heavy atom. The van der Waals surface area contributed by atoms with Crippen molar-refractivity contribution in [3.63, 3.8) is 0 Å². The Kier molecular flexibility index (Phi) is 3.32. The maximum absolute atomic E-state index is 13.1. The summed E-state index contributed by atoms with van der Waals surface area (Å²) in [5.74, 6) is 0.933. The van der Waals surface area contributed by atoms with Gasteiger partial charge in [-0.25, -0.2) is 0 Å². The van der Waals surface area contributed by atoms with Gasteiger partial charge in [0.2, 0.25) is 5.91 Å². The van der Waals surface area contributed by atoms with E-state index in [-0.39, 0.29) is 5.92 Å². The number of carbonyl (C=O) groups excluding carboxylic acids is 1. The molecule has 1 aromatic carbocycles. The van der Waals surface area contributed by atoms with Crippen molar-refractivity contribution < 1.29 is 4.79 Å². The van der Waals surface area contributed by atoms with Gasteiger partial charge >= 0.3 is 0 Å². The van der Waals surface area contributed by atoms with E-state index in [4.69, 9.17) is 0 Å². The summed E-state index contributed by atoms with van der Waals surface area (Å²) in [7, 11) is 2.17. The molecular weight excluding hydrogens is 310 g/mol. The number of benzene rings is 1. The Morgan fingerprint density at radius 1 is 1.28 bits per heavy atom. The van der Waals surface area contributed by atoms with Crippen molar-refractivity contribution in [2.24, 2.45) is 11.8 Å². The second-order valence-electron chi connectivity index (χ2n) is 8.11. The van der Waals surface area contributed by atoms with Crippen LogP contribution in [0.2, 0.25) is 0 Å². The van der Waals surface area contributed by atoms with Gasteiger partial charge in [0.15, 0.2) is 0 Å². The molecule has 3 unspecified atom stereocenters. The predicted octanol–water partition coefficient (Wildman–Crippen LogP) is 2.91. The van der Waals surface area contributed by atoms with Crippen LogP contribution >= 0.6 is 0 Å². The van der Waals surface area contributed by atoms with Crippen LogP contribution in [-0.4, -0.2) is 53.4 Å². The number of nitrogens with zero attached hydrogens (tertiary/aromatic N) is 2. The Morgan fingerprint density at radius 2 is 2.16 bits per heavy atom. The fourth-order valence-electron chi connectivity index (χ4n) is 4.98. The summed E-state index contributed by atoms with van der Waals surface area (Å²) in [6.45, 7) is 4.91. The summed E-state index contributed by atoms with van der Waals surface area (Å²) in [5, 5.41) is 1.35. The van der Waals surface area contributed by atoms with E-state index in [1.807, 2.05) is 0 Å². The van der Waals surface area contributed by atoms with Crippen molar-refractivity contribution >= 4 is 22.4 Å². The molecule has 3 heterocycles. The maximum Gasteiger partial charge on any atom is 0.230 e. The summed E-state index contributed by atoms with van der Waals surface area (Å²) in [6.07, 6.45) is 6.60. The maximum atomic E-state index is 13.1. The summed E-state index contributed by atoms with van der Waals surface area (Å²) in [4.78, 5) is 20.9. The number of likely N-dealkylation sites (tertiary alicyclic amines) is 1. The molecule has 4 heteroatoms. The van der Waals surface area contributed by atoms with Crippen molar-refractivity contribution in [3.8, 4) is 0 Å². The number of likely N-dealkylation sites (N-methyl/N-ethyl adjacent to an activating group) is 1. The number of amides is 1. The number of aromatic nitrogens is 1. The molecule has 1 saturated heterocycles. The average Bonchev–Trinajstić information content (AvgIpc) is 3.23. The van der Waals surface area contributed by atoms with Crippen LogP contribution in [0.15, 0.2) is 30.5 Å². The van der Waals surface area contributed by atoms with Gasteiger partial charge in [-0.05, 0) is 48.6 Å². The molecule has 1 N–H and O–H groups in total. The van der Waals surface area contributed by atoms with Crippen LogP contribution in [0.4, 0.5) is 0 Å². The van der Waals surface area contributed by atoms with Gasteiger partial charge in [0, 0.05) is 42.8 Å². The molecule has 130 valence electrons. The minimum Gasteiger partial charge on any atom is -0.361 e. The molecule has 1 aliphatic carbocycles. The van der Waals surface area contributed by atoms with E-state index in [2.05, 4.69) is 59.2 Å².